The summed E-state index contributed by atoms with van der Waals surface area (Å²) in [7, 11) is 0. The highest BCUT2D eigenvalue weighted by Gasteiger charge is 2.12. The lowest BCUT2D eigenvalue weighted by Crippen LogP contribution is -2.25. The first-order valence-electron chi connectivity index (χ1n) is 11.1. The molecule has 2 saturated heterocycles. The summed E-state index contributed by atoms with van der Waals surface area (Å²) in [6.07, 6.45) is 5.30. The van der Waals surface area contributed by atoms with E-state index in [1.54, 1.807) is 0 Å². The van der Waals surface area contributed by atoms with E-state index in [9.17, 15) is 0 Å². The van der Waals surface area contributed by atoms with Crippen LogP contribution >= 0.6 is 0 Å². The third kappa shape index (κ3) is 4.36. The van der Waals surface area contributed by atoms with Gasteiger partial charge in [-0.3, -0.25) is 9.80 Å². The van der Waals surface area contributed by atoms with E-state index >= 15 is 0 Å². The van der Waals surface area contributed by atoms with Crippen molar-refractivity contribution in [2.45, 2.75) is 25.7 Å². The van der Waals surface area contributed by atoms with Crippen LogP contribution in [0.4, 0.5) is 0 Å². The monoisotopic (exact) mass is 393 g/mol. The fraction of sp³-hybridized carbons (Fsp3) is 0.500. The van der Waals surface area contributed by atoms with Gasteiger partial charge in [-0.2, -0.15) is 0 Å². The lowest BCUT2D eigenvalue weighted by Gasteiger charge is -2.14. The van der Waals surface area contributed by atoms with Gasteiger partial charge in [0.1, 0.15) is 24.7 Å². The molecule has 5 rings (SSSR count). The van der Waals surface area contributed by atoms with Crippen molar-refractivity contribution >= 4 is 21.8 Å². The van der Waals surface area contributed by atoms with Crippen molar-refractivity contribution in [2.75, 3.05) is 52.5 Å². The molecule has 3 aromatic rings. The summed E-state index contributed by atoms with van der Waals surface area (Å²) < 4.78 is 12.0. The summed E-state index contributed by atoms with van der Waals surface area (Å²) in [6, 6.07) is 12.7. The van der Waals surface area contributed by atoms with Gasteiger partial charge in [-0.15, -0.1) is 0 Å². The largest absolute Gasteiger partial charge is 0.492 e. The predicted molar refractivity (Wildman–Crippen MR) is 118 cm³/mol. The molecule has 0 radical (unpaired) electrons. The van der Waals surface area contributed by atoms with Gasteiger partial charge in [0, 0.05) is 36.0 Å². The summed E-state index contributed by atoms with van der Waals surface area (Å²) in [5.74, 6) is 1.87. The maximum Gasteiger partial charge on any atom is 0.121 e. The fourth-order valence-corrected chi connectivity index (χ4v) is 4.65. The number of ether oxygens (including phenoxy) is 2. The van der Waals surface area contributed by atoms with Gasteiger partial charge >= 0.3 is 0 Å². The van der Waals surface area contributed by atoms with Crippen molar-refractivity contribution in [1.29, 1.82) is 0 Å². The highest BCUT2D eigenvalue weighted by atomic mass is 16.5. The zero-order chi connectivity index (χ0) is 19.5. The summed E-state index contributed by atoms with van der Waals surface area (Å²) in [5, 5.41) is 2.46. The molecule has 0 unspecified atom stereocenters. The van der Waals surface area contributed by atoms with Crippen molar-refractivity contribution in [2.24, 2.45) is 0 Å². The van der Waals surface area contributed by atoms with Gasteiger partial charge < -0.3 is 14.5 Å². The summed E-state index contributed by atoms with van der Waals surface area (Å²) in [6.45, 7) is 8.40. The second kappa shape index (κ2) is 8.64. The van der Waals surface area contributed by atoms with Crippen LogP contribution in [0.5, 0.6) is 11.5 Å². The Bertz CT molecular complexity index is 879. The normalized spacial score (nSPS) is 18.2. The molecule has 29 heavy (non-hydrogen) atoms. The molecule has 5 heteroatoms. The highest BCUT2D eigenvalue weighted by molar-refractivity contribution is 6.07. The first kappa shape index (κ1) is 18.8. The molecule has 2 fully saturated rings. The lowest BCUT2D eigenvalue weighted by molar-refractivity contribution is 0.238. The molecule has 154 valence electrons. The Morgan fingerprint density at radius 3 is 1.55 bits per heavy atom. The second-order valence-electron chi connectivity index (χ2n) is 8.33. The summed E-state index contributed by atoms with van der Waals surface area (Å²) in [5.41, 5.74) is 2.24. The number of nitrogens with one attached hydrogen (secondary N) is 1. The van der Waals surface area contributed by atoms with Crippen LogP contribution in [0.25, 0.3) is 21.8 Å². The Labute approximate surface area is 172 Å². The molecule has 0 bridgehead atoms. The second-order valence-corrected chi connectivity index (χ2v) is 8.33. The van der Waals surface area contributed by atoms with E-state index in [4.69, 9.17) is 9.47 Å². The van der Waals surface area contributed by atoms with Crippen LogP contribution in [0, 0.1) is 0 Å². The van der Waals surface area contributed by atoms with Crippen LogP contribution in [-0.2, 0) is 0 Å². The van der Waals surface area contributed by atoms with Gasteiger partial charge in [-0.05, 0) is 76.1 Å². The number of fused-ring (bicyclic) bond motifs is 3. The molecule has 2 aliphatic rings. The fourth-order valence-electron chi connectivity index (χ4n) is 4.65. The van der Waals surface area contributed by atoms with Crippen molar-refractivity contribution in [3.05, 3.63) is 36.4 Å². The van der Waals surface area contributed by atoms with Crippen molar-refractivity contribution < 1.29 is 9.47 Å². The van der Waals surface area contributed by atoms with E-state index in [1.807, 2.05) is 0 Å². The van der Waals surface area contributed by atoms with Gasteiger partial charge in [0.2, 0.25) is 0 Å². The SMILES string of the molecule is c1cc2c(cc1OCCN1CCCC1)[nH]c1cc(OCCN3CCCC3)ccc12. The summed E-state index contributed by atoms with van der Waals surface area (Å²) in [4.78, 5) is 8.50. The Hall–Kier alpha value is -2.24. The molecular formula is C24H31N3O2. The van der Waals surface area contributed by atoms with E-state index in [2.05, 4.69) is 51.2 Å². The number of aromatic nitrogens is 1. The van der Waals surface area contributed by atoms with Crippen molar-refractivity contribution in [3.63, 3.8) is 0 Å². The maximum atomic E-state index is 6.01. The van der Waals surface area contributed by atoms with Crippen LogP contribution in [-0.4, -0.2) is 67.3 Å². The highest BCUT2D eigenvalue weighted by Crippen LogP contribution is 2.30. The molecule has 3 heterocycles. The van der Waals surface area contributed by atoms with E-state index in [-0.39, 0.29) is 0 Å². The number of hydrogen-bond donors (Lipinski definition) is 1. The van der Waals surface area contributed by atoms with Gasteiger partial charge in [0.05, 0.1) is 11.0 Å². The number of benzene rings is 2. The number of hydrogen-bond acceptors (Lipinski definition) is 4. The van der Waals surface area contributed by atoms with Gasteiger partial charge in [0.25, 0.3) is 0 Å². The van der Waals surface area contributed by atoms with Crippen LogP contribution in [0.2, 0.25) is 0 Å². The quantitative estimate of drug-likeness (QED) is 0.620. The topological polar surface area (TPSA) is 40.7 Å². The average molecular weight is 394 g/mol. The van der Waals surface area contributed by atoms with Crippen molar-refractivity contribution in [1.82, 2.24) is 14.8 Å². The maximum absolute atomic E-state index is 6.01. The third-order valence-corrected chi connectivity index (χ3v) is 6.29. The minimum atomic E-state index is 0.751. The molecule has 2 aromatic carbocycles. The van der Waals surface area contributed by atoms with Crippen LogP contribution in [0.3, 0.4) is 0 Å². The first-order valence-corrected chi connectivity index (χ1v) is 11.1. The van der Waals surface area contributed by atoms with E-state index in [0.29, 0.717) is 0 Å². The van der Waals surface area contributed by atoms with Gasteiger partial charge in [0.15, 0.2) is 0 Å². The van der Waals surface area contributed by atoms with E-state index < -0.39 is 0 Å². The van der Waals surface area contributed by atoms with Crippen LogP contribution < -0.4 is 9.47 Å². The number of likely N-dealkylation sites (tertiary alicyclic amines) is 2. The third-order valence-electron chi connectivity index (χ3n) is 6.29. The molecule has 0 atom stereocenters. The predicted octanol–water partition coefficient (Wildman–Crippen LogP) is 4.27. The minimum Gasteiger partial charge on any atom is -0.492 e. The van der Waals surface area contributed by atoms with Gasteiger partial charge in [-0.25, -0.2) is 0 Å². The van der Waals surface area contributed by atoms with Crippen molar-refractivity contribution in [3.8, 4) is 11.5 Å². The van der Waals surface area contributed by atoms with E-state index in [1.165, 1.54) is 62.6 Å². The molecule has 5 nitrogen and oxygen atoms in total. The van der Waals surface area contributed by atoms with E-state index in [0.717, 1.165) is 48.8 Å². The molecular weight excluding hydrogens is 362 g/mol. The molecule has 1 N–H and O–H groups in total. The standard InChI is InChI=1S/C24H31N3O2/c1-2-10-26(9-1)13-15-28-19-5-7-21-22-8-6-20(18-24(22)25-23(21)17-19)29-16-14-27-11-3-4-12-27/h5-8,17-18,25H,1-4,9-16H2. The number of rotatable bonds is 8. The zero-order valence-corrected chi connectivity index (χ0v) is 17.2. The average Bonchev–Trinajstić information content (AvgIpc) is 3.48. The smallest absolute Gasteiger partial charge is 0.121 e. The van der Waals surface area contributed by atoms with Crippen LogP contribution in [0.1, 0.15) is 25.7 Å². The Morgan fingerprint density at radius 1 is 0.655 bits per heavy atom. The summed E-state index contributed by atoms with van der Waals surface area (Å²) >= 11 is 0. The first-order chi connectivity index (χ1) is 14.3. The molecule has 0 aliphatic carbocycles. The molecule has 1 aromatic heterocycles. The lowest BCUT2D eigenvalue weighted by atomic mass is 10.1. The number of aromatic amines is 1. The molecule has 0 amide bonds. The minimum absolute atomic E-state index is 0.751. The zero-order valence-electron chi connectivity index (χ0n) is 17.2. The Balaban J connectivity index is 1.23. The Kier molecular flexibility index (Phi) is 5.59. The van der Waals surface area contributed by atoms with Crippen LogP contribution in [0.15, 0.2) is 36.4 Å². The number of nitrogens with zero attached hydrogens (tertiary/aromatic N) is 2. The number of H-pyrrole nitrogens is 1. The molecule has 2 aliphatic heterocycles. The van der Waals surface area contributed by atoms with Gasteiger partial charge in [-0.1, -0.05) is 0 Å². The Morgan fingerprint density at radius 2 is 1.10 bits per heavy atom. The molecule has 0 saturated carbocycles. The molecule has 0 spiro atoms.